The van der Waals surface area contributed by atoms with Gasteiger partial charge in [-0.3, -0.25) is 4.79 Å². The van der Waals surface area contributed by atoms with Gasteiger partial charge in [-0.05, 0) is 51.0 Å². The molecule has 0 atom stereocenters. The first-order valence-corrected chi connectivity index (χ1v) is 11.2. The molecule has 1 heterocycles. The summed E-state index contributed by atoms with van der Waals surface area (Å²) in [6.45, 7) is 4.48. The van der Waals surface area contributed by atoms with Crippen molar-refractivity contribution in [2.75, 3.05) is 18.0 Å². The van der Waals surface area contributed by atoms with Gasteiger partial charge in [0, 0.05) is 30.7 Å². The molecule has 0 N–H and O–H groups in total. The van der Waals surface area contributed by atoms with E-state index in [9.17, 15) is 18.5 Å². The van der Waals surface area contributed by atoms with Crippen molar-refractivity contribution in [3.63, 3.8) is 0 Å². The SMILES string of the molecule is CC(C)N(C(=O)C1CCN(S(=O)(=O)c2ccccc2C#N)CC1)c1ccccc1. The number of nitrogens with zero attached hydrogens (tertiary/aromatic N) is 3. The quantitative estimate of drug-likeness (QED) is 0.755. The van der Waals surface area contributed by atoms with Crippen molar-refractivity contribution in [1.29, 1.82) is 5.26 Å². The molecule has 1 aliphatic heterocycles. The van der Waals surface area contributed by atoms with Crippen LogP contribution in [-0.2, 0) is 14.8 Å². The van der Waals surface area contributed by atoms with Crippen LogP contribution in [-0.4, -0.2) is 37.8 Å². The number of carbonyl (C=O) groups excluding carboxylic acids is 1. The number of hydrogen-bond acceptors (Lipinski definition) is 4. The highest BCUT2D eigenvalue weighted by Gasteiger charge is 2.35. The molecule has 1 saturated heterocycles. The van der Waals surface area contributed by atoms with Gasteiger partial charge >= 0.3 is 0 Å². The van der Waals surface area contributed by atoms with Gasteiger partial charge in [0.15, 0.2) is 0 Å². The molecular weight excluding hydrogens is 386 g/mol. The highest BCUT2D eigenvalue weighted by molar-refractivity contribution is 7.89. The molecule has 0 bridgehead atoms. The van der Waals surface area contributed by atoms with Crippen molar-refractivity contribution in [3.8, 4) is 6.07 Å². The van der Waals surface area contributed by atoms with Gasteiger partial charge in [0.25, 0.3) is 0 Å². The standard InChI is InChI=1S/C22H25N3O3S/c1-17(2)25(20-9-4-3-5-10-20)22(26)18-12-14-24(15-13-18)29(27,28)21-11-7-6-8-19(21)16-23/h3-11,17-18H,12-15H2,1-2H3. The van der Waals surface area contributed by atoms with Gasteiger partial charge < -0.3 is 4.90 Å². The zero-order chi connectivity index (χ0) is 21.0. The minimum atomic E-state index is -3.76. The molecule has 1 amide bonds. The van der Waals surface area contributed by atoms with Crippen LogP contribution in [0, 0.1) is 17.2 Å². The van der Waals surface area contributed by atoms with Crippen molar-refractivity contribution in [2.45, 2.75) is 37.6 Å². The van der Waals surface area contributed by atoms with Gasteiger partial charge in [0.1, 0.15) is 6.07 Å². The number of nitriles is 1. The maximum Gasteiger partial charge on any atom is 0.244 e. The fraction of sp³-hybridized carbons (Fsp3) is 0.364. The van der Waals surface area contributed by atoms with Crippen molar-refractivity contribution >= 4 is 21.6 Å². The van der Waals surface area contributed by atoms with E-state index in [0.29, 0.717) is 12.8 Å². The molecule has 1 fully saturated rings. The maximum absolute atomic E-state index is 13.2. The molecule has 0 spiro atoms. The zero-order valence-corrected chi connectivity index (χ0v) is 17.5. The minimum Gasteiger partial charge on any atom is -0.310 e. The number of benzene rings is 2. The van der Waals surface area contributed by atoms with E-state index in [0.717, 1.165) is 5.69 Å². The average molecular weight is 412 g/mol. The highest BCUT2D eigenvalue weighted by Crippen LogP contribution is 2.28. The van der Waals surface area contributed by atoms with Crippen LogP contribution in [0.3, 0.4) is 0 Å². The molecule has 0 aromatic heterocycles. The van der Waals surface area contributed by atoms with Crippen LogP contribution in [0.5, 0.6) is 0 Å². The van der Waals surface area contributed by atoms with E-state index in [4.69, 9.17) is 0 Å². The predicted molar refractivity (Wildman–Crippen MR) is 112 cm³/mol. The molecule has 0 saturated carbocycles. The number of amides is 1. The summed E-state index contributed by atoms with van der Waals surface area (Å²) in [4.78, 5) is 15.0. The molecule has 2 aromatic rings. The lowest BCUT2D eigenvalue weighted by molar-refractivity contribution is -0.123. The molecule has 3 rings (SSSR count). The second kappa shape index (κ2) is 8.76. The average Bonchev–Trinajstić information content (AvgIpc) is 2.74. The Morgan fingerprint density at radius 2 is 1.66 bits per heavy atom. The highest BCUT2D eigenvalue weighted by atomic mass is 32.2. The second-order valence-electron chi connectivity index (χ2n) is 7.42. The summed E-state index contributed by atoms with van der Waals surface area (Å²) < 4.78 is 27.4. The summed E-state index contributed by atoms with van der Waals surface area (Å²) in [5.41, 5.74) is 0.992. The number of carbonyl (C=O) groups is 1. The lowest BCUT2D eigenvalue weighted by atomic mass is 9.95. The minimum absolute atomic E-state index is 0.00849. The third kappa shape index (κ3) is 4.34. The predicted octanol–water partition coefficient (Wildman–Crippen LogP) is 3.40. The lowest BCUT2D eigenvalue weighted by Gasteiger charge is -2.35. The Morgan fingerprint density at radius 1 is 1.07 bits per heavy atom. The first kappa shape index (κ1) is 21.0. The number of anilines is 1. The normalized spacial score (nSPS) is 15.8. The number of hydrogen-bond donors (Lipinski definition) is 0. The lowest BCUT2D eigenvalue weighted by Crippen LogP contribution is -2.46. The summed E-state index contributed by atoms with van der Waals surface area (Å²) in [6, 6.07) is 17.7. The largest absolute Gasteiger partial charge is 0.310 e. The number of rotatable bonds is 5. The molecule has 1 aliphatic rings. The summed E-state index contributed by atoms with van der Waals surface area (Å²) in [5, 5.41) is 9.23. The summed E-state index contributed by atoms with van der Waals surface area (Å²) in [5.74, 6) is -0.198. The van der Waals surface area contributed by atoms with Crippen molar-refractivity contribution in [3.05, 3.63) is 60.2 Å². The van der Waals surface area contributed by atoms with E-state index in [1.807, 2.05) is 50.2 Å². The summed E-state index contributed by atoms with van der Waals surface area (Å²) in [7, 11) is -3.76. The van der Waals surface area contributed by atoms with Gasteiger partial charge in [-0.25, -0.2) is 8.42 Å². The number of para-hydroxylation sites is 1. The number of sulfonamides is 1. The van der Waals surface area contributed by atoms with E-state index >= 15 is 0 Å². The molecule has 7 heteroatoms. The zero-order valence-electron chi connectivity index (χ0n) is 16.7. The van der Waals surface area contributed by atoms with Gasteiger partial charge in [-0.1, -0.05) is 30.3 Å². The van der Waals surface area contributed by atoms with Crippen molar-refractivity contribution < 1.29 is 13.2 Å². The van der Waals surface area contributed by atoms with Gasteiger partial charge in [0.05, 0.1) is 10.5 Å². The summed E-state index contributed by atoms with van der Waals surface area (Å²) >= 11 is 0. The Labute approximate surface area is 172 Å². The van der Waals surface area contributed by atoms with Crippen LogP contribution in [0.4, 0.5) is 5.69 Å². The van der Waals surface area contributed by atoms with Gasteiger partial charge in [0.2, 0.25) is 15.9 Å². The molecule has 152 valence electrons. The molecule has 6 nitrogen and oxygen atoms in total. The van der Waals surface area contributed by atoms with E-state index < -0.39 is 10.0 Å². The van der Waals surface area contributed by atoms with E-state index in [1.54, 1.807) is 17.0 Å². The third-order valence-corrected chi connectivity index (χ3v) is 7.17. The molecular formula is C22H25N3O3S. The fourth-order valence-electron chi connectivity index (χ4n) is 3.73. The molecule has 0 unspecified atom stereocenters. The van der Waals surface area contributed by atoms with Crippen LogP contribution in [0.2, 0.25) is 0 Å². The molecule has 2 aromatic carbocycles. The van der Waals surface area contributed by atoms with Crippen LogP contribution in [0.1, 0.15) is 32.3 Å². The van der Waals surface area contributed by atoms with Crippen LogP contribution in [0.15, 0.2) is 59.5 Å². The topological polar surface area (TPSA) is 81.5 Å². The van der Waals surface area contributed by atoms with E-state index in [2.05, 4.69) is 0 Å². The van der Waals surface area contributed by atoms with Crippen molar-refractivity contribution in [2.24, 2.45) is 5.92 Å². The van der Waals surface area contributed by atoms with E-state index in [1.165, 1.54) is 16.4 Å². The second-order valence-corrected chi connectivity index (χ2v) is 9.33. The summed E-state index contributed by atoms with van der Waals surface area (Å²) in [6.07, 6.45) is 0.922. The Balaban J connectivity index is 1.74. The molecule has 29 heavy (non-hydrogen) atoms. The van der Waals surface area contributed by atoms with Crippen LogP contribution in [0.25, 0.3) is 0 Å². The van der Waals surface area contributed by atoms with Crippen LogP contribution >= 0.6 is 0 Å². The maximum atomic E-state index is 13.2. The molecule has 0 aliphatic carbocycles. The van der Waals surface area contributed by atoms with Gasteiger partial charge in [-0.15, -0.1) is 0 Å². The third-order valence-electron chi connectivity index (χ3n) is 5.22. The Bertz CT molecular complexity index is 1010. The fourth-order valence-corrected chi connectivity index (χ4v) is 5.34. The Hall–Kier alpha value is -2.69. The Morgan fingerprint density at radius 3 is 2.24 bits per heavy atom. The van der Waals surface area contributed by atoms with Gasteiger partial charge in [-0.2, -0.15) is 9.57 Å². The van der Waals surface area contributed by atoms with Crippen molar-refractivity contribution in [1.82, 2.24) is 4.31 Å². The van der Waals surface area contributed by atoms with E-state index in [-0.39, 0.29) is 41.4 Å². The molecule has 0 radical (unpaired) electrons. The smallest absolute Gasteiger partial charge is 0.244 e. The number of piperidine rings is 1. The monoisotopic (exact) mass is 411 g/mol. The Kier molecular flexibility index (Phi) is 6.36. The first-order valence-electron chi connectivity index (χ1n) is 9.73. The first-order chi connectivity index (χ1) is 13.9. The van der Waals surface area contributed by atoms with Crippen LogP contribution < -0.4 is 4.90 Å².